The molecule has 0 aliphatic heterocycles. The predicted octanol–water partition coefficient (Wildman–Crippen LogP) is 0.741. The number of alkyl halides is 2. The second kappa shape index (κ2) is 2.80. The first-order valence-electron chi connectivity index (χ1n) is 3.17. The Bertz CT molecular complexity index is 100. The van der Waals surface area contributed by atoms with Gasteiger partial charge in [-0.1, -0.05) is 6.92 Å². The zero-order chi connectivity index (χ0) is 8.41. The second-order valence-corrected chi connectivity index (χ2v) is 2.54. The lowest BCUT2D eigenvalue weighted by molar-refractivity contribution is -0.165. The lowest BCUT2D eigenvalue weighted by Gasteiger charge is -2.30. The summed E-state index contributed by atoms with van der Waals surface area (Å²) in [5, 5.41) is 9.02. The molecule has 3 N–H and O–H groups in total. The van der Waals surface area contributed by atoms with Crippen LogP contribution in [0, 0.1) is 0 Å². The highest BCUT2D eigenvalue weighted by atomic mass is 19.3. The van der Waals surface area contributed by atoms with E-state index >= 15 is 0 Å². The SMILES string of the molecule is CCC(C)(O)C(F)(F)CN. The van der Waals surface area contributed by atoms with Crippen molar-refractivity contribution >= 4 is 0 Å². The molecule has 0 aliphatic rings. The lowest BCUT2D eigenvalue weighted by atomic mass is 9.95. The maximum Gasteiger partial charge on any atom is 0.287 e. The van der Waals surface area contributed by atoms with E-state index in [0.29, 0.717) is 0 Å². The number of hydrogen-bond acceptors (Lipinski definition) is 2. The average Bonchev–Trinajstić information content (AvgIpc) is 1.88. The summed E-state index contributed by atoms with van der Waals surface area (Å²) in [4.78, 5) is 0. The van der Waals surface area contributed by atoms with Gasteiger partial charge in [-0.05, 0) is 13.3 Å². The van der Waals surface area contributed by atoms with Gasteiger partial charge >= 0.3 is 0 Å². The summed E-state index contributed by atoms with van der Waals surface area (Å²) in [6, 6.07) is 0. The molecule has 0 fully saturated rings. The van der Waals surface area contributed by atoms with Crippen molar-refractivity contribution in [3.05, 3.63) is 0 Å². The van der Waals surface area contributed by atoms with Crippen LogP contribution in [0.4, 0.5) is 8.78 Å². The van der Waals surface area contributed by atoms with Crippen LogP contribution in [0.1, 0.15) is 20.3 Å². The Kier molecular flexibility index (Phi) is 2.74. The van der Waals surface area contributed by atoms with Crippen molar-refractivity contribution in [3.8, 4) is 0 Å². The molecule has 0 bridgehead atoms. The molecule has 10 heavy (non-hydrogen) atoms. The quantitative estimate of drug-likeness (QED) is 0.628. The zero-order valence-electron chi connectivity index (χ0n) is 6.19. The molecule has 0 aliphatic carbocycles. The molecule has 0 saturated carbocycles. The van der Waals surface area contributed by atoms with Crippen LogP contribution in [0.5, 0.6) is 0 Å². The van der Waals surface area contributed by atoms with Crippen LogP contribution in [0.15, 0.2) is 0 Å². The minimum atomic E-state index is -3.18. The highest BCUT2D eigenvalue weighted by Gasteiger charge is 2.46. The average molecular weight is 153 g/mol. The van der Waals surface area contributed by atoms with Gasteiger partial charge in [0.25, 0.3) is 5.92 Å². The molecule has 0 spiro atoms. The molecule has 0 aromatic heterocycles. The van der Waals surface area contributed by atoms with Gasteiger partial charge in [0, 0.05) is 0 Å². The van der Waals surface area contributed by atoms with E-state index in [1.165, 1.54) is 6.92 Å². The molecule has 0 aromatic rings. The Hall–Kier alpha value is -0.220. The molecule has 1 unspecified atom stereocenters. The number of hydrogen-bond donors (Lipinski definition) is 2. The van der Waals surface area contributed by atoms with Crippen LogP contribution in [0.3, 0.4) is 0 Å². The number of halogens is 2. The molecule has 0 radical (unpaired) electrons. The van der Waals surface area contributed by atoms with Gasteiger partial charge in [0.05, 0.1) is 6.54 Å². The van der Waals surface area contributed by atoms with Crippen molar-refractivity contribution in [1.82, 2.24) is 0 Å². The summed E-state index contributed by atoms with van der Waals surface area (Å²) in [7, 11) is 0. The van der Waals surface area contributed by atoms with E-state index in [0.717, 1.165) is 6.92 Å². The Labute approximate surface area is 59.0 Å². The van der Waals surface area contributed by atoms with E-state index < -0.39 is 18.1 Å². The van der Waals surface area contributed by atoms with Gasteiger partial charge in [-0.2, -0.15) is 0 Å². The largest absolute Gasteiger partial charge is 0.384 e. The maximum absolute atomic E-state index is 12.6. The molecular formula is C6H13F2NO. The van der Waals surface area contributed by atoms with E-state index in [-0.39, 0.29) is 6.42 Å². The van der Waals surface area contributed by atoms with Gasteiger partial charge in [0.2, 0.25) is 0 Å². The van der Waals surface area contributed by atoms with Gasteiger partial charge in [-0.3, -0.25) is 0 Å². The molecule has 0 saturated heterocycles. The second-order valence-electron chi connectivity index (χ2n) is 2.54. The third kappa shape index (κ3) is 1.64. The highest BCUT2D eigenvalue weighted by molar-refractivity contribution is 4.88. The fourth-order valence-corrected chi connectivity index (χ4v) is 0.479. The Morgan fingerprint density at radius 1 is 1.50 bits per heavy atom. The molecule has 4 heteroatoms. The summed E-state index contributed by atoms with van der Waals surface area (Å²) in [5.74, 6) is -3.18. The summed E-state index contributed by atoms with van der Waals surface area (Å²) in [6.45, 7) is 1.76. The van der Waals surface area contributed by atoms with Crippen LogP contribution in [0.25, 0.3) is 0 Å². The van der Waals surface area contributed by atoms with Crippen molar-refractivity contribution in [1.29, 1.82) is 0 Å². The molecule has 1 atom stereocenters. The monoisotopic (exact) mass is 153 g/mol. The predicted molar refractivity (Wildman–Crippen MR) is 34.9 cm³/mol. The van der Waals surface area contributed by atoms with Crippen LogP contribution in [0.2, 0.25) is 0 Å². The Balaban J connectivity index is 4.28. The molecule has 0 amide bonds. The fourth-order valence-electron chi connectivity index (χ4n) is 0.479. The molecule has 0 rings (SSSR count). The Morgan fingerprint density at radius 3 is 2.00 bits per heavy atom. The van der Waals surface area contributed by atoms with Crippen LogP contribution in [-0.2, 0) is 0 Å². The molecule has 0 heterocycles. The summed E-state index contributed by atoms with van der Waals surface area (Å²) >= 11 is 0. The van der Waals surface area contributed by atoms with Crippen LogP contribution in [-0.4, -0.2) is 23.2 Å². The van der Waals surface area contributed by atoms with Gasteiger partial charge in [-0.25, -0.2) is 8.78 Å². The minimum Gasteiger partial charge on any atom is -0.384 e. The summed E-state index contributed by atoms with van der Waals surface area (Å²) in [5.41, 5.74) is 2.79. The van der Waals surface area contributed by atoms with Crippen LogP contribution < -0.4 is 5.73 Å². The van der Waals surface area contributed by atoms with Gasteiger partial charge < -0.3 is 10.8 Å². The normalized spacial score (nSPS) is 18.6. The summed E-state index contributed by atoms with van der Waals surface area (Å²) in [6.07, 6.45) is -0.00278. The first-order chi connectivity index (χ1) is 4.37. The number of aliphatic hydroxyl groups is 1. The van der Waals surface area contributed by atoms with Crippen LogP contribution >= 0.6 is 0 Å². The van der Waals surface area contributed by atoms with Crippen molar-refractivity contribution < 1.29 is 13.9 Å². The van der Waals surface area contributed by atoms with Crippen molar-refractivity contribution in [3.63, 3.8) is 0 Å². The van der Waals surface area contributed by atoms with Gasteiger partial charge in [-0.15, -0.1) is 0 Å². The van der Waals surface area contributed by atoms with E-state index in [1.54, 1.807) is 0 Å². The third-order valence-corrected chi connectivity index (χ3v) is 1.73. The maximum atomic E-state index is 12.6. The third-order valence-electron chi connectivity index (χ3n) is 1.73. The standard InChI is InChI=1S/C6H13F2NO/c1-3-5(2,10)6(7,8)4-9/h10H,3-4,9H2,1-2H3. The van der Waals surface area contributed by atoms with Crippen molar-refractivity contribution in [2.75, 3.05) is 6.54 Å². The molecule has 0 aromatic carbocycles. The smallest absolute Gasteiger partial charge is 0.287 e. The van der Waals surface area contributed by atoms with E-state index in [2.05, 4.69) is 0 Å². The number of rotatable bonds is 3. The Morgan fingerprint density at radius 2 is 1.90 bits per heavy atom. The molecular weight excluding hydrogens is 140 g/mol. The van der Waals surface area contributed by atoms with Gasteiger partial charge in [0.1, 0.15) is 5.60 Å². The van der Waals surface area contributed by atoms with E-state index in [9.17, 15) is 8.78 Å². The van der Waals surface area contributed by atoms with Crippen molar-refractivity contribution in [2.24, 2.45) is 5.73 Å². The first-order valence-corrected chi connectivity index (χ1v) is 3.17. The molecule has 2 nitrogen and oxygen atoms in total. The fraction of sp³-hybridized carbons (Fsp3) is 1.00. The first kappa shape index (κ1) is 9.78. The number of nitrogens with two attached hydrogens (primary N) is 1. The zero-order valence-corrected chi connectivity index (χ0v) is 6.19. The minimum absolute atomic E-state index is 0.00278. The van der Waals surface area contributed by atoms with E-state index in [1.807, 2.05) is 0 Å². The van der Waals surface area contributed by atoms with Crippen molar-refractivity contribution in [2.45, 2.75) is 31.8 Å². The van der Waals surface area contributed by atoms with E-state index in [4.69, 9.17) is 10.8 Å². The highest BCUT2D eigenvalue weighted by Crippen LogP contribution is 2.29. The van der Waals surface area contributed by atoms with Gasteiger partial charge in [0.15, 0.2) is 0 Å². The molecule has 62 valence electrons. The summed E-state index contributed by atoms with van der Waals surface area (Å²) < 4.78 is 25.1. The topological polar surface area (TPSA) is 46.2 Å². The lowest BCUT2D eigenvalue weighted by Crippen LogP contribution is -2.49.